The van der Waals surface area contributed by atoms with Crippen LogP contribution in [0.4, 0.5) is 4.39 Å². The predicted octanol–water partition coefficient (Wildman–Crippen LogP) is 3.28. The van der Waals surface area contributed by atoms with Gasteiger partial charge >= 0.3 is 0 Å². The Bertz CT molecular complexity index is 597. The zero-order chi connectivity index (χ0) is 14.8. The number of pyridine rings is 1. The lowest BCUT2D eigenvalue weighted by Crippen LogP contribution is -2.32. The van der Waals surface area contributed by atoms with E-state index in [2.05, 4.69) is 10.3 Å². The van der Waals surface area contributed by atoms with Crippen LogP contribution in [0.3, 0.4) is 0 Å². The van der Waals surface area contributed by atoms with E-state index in [9.17, 15) is 9.18 Å². The van der Waals surface area contributed by atoms with Crippen molar-refractivity contribution in [2.45, 2.75) is 24.8 Å². The largest absolute Gasteiger partial charge is 0.352 e. The average molecular weight is 305 g/mol. The number of nitrogens with zero attached hydrogens (tertiary/aromatic N) is 1. The Morgan fingerprint density at radius 1 is 1.24 bits per heavy atom. The maximum absolute atomic E-state index is 13.1. The summed E-state index contributed by atoms with van der Waals surface area (Å²) in [7, 11) is 0. The molecule has 1 aliphatic rings. The van der Waals surface area contributed by atoms with E-state index in [1.54, 1.807) is 24.4 Å². The Kier molecular flexibility index (Phi) is 3.88. The first-order valence-corrected chi connectivity index (χ1v) is 7.17. The van der Waals surface area contributed by atoms with Crippen LogP contribution in [0, 0.1) is 5.82 Å². The molecule has 0 bridgehead atoms. The molecule has 1 aliphatic heterocycles. The number of benzene rings is 1. The molecule has 3 nitrogen and oxygen atoms in total. The number of aromatic nitrogens is 1. The van der Waals surface area contributed by atoms with E-state index < -0.39 is 0 Å². The zero-order valence-electron chi connectivity index (χ0n) is 11.2. The molecule has 0 radical (unpaired) electrons. The van der Waals surface area contributed by atoms with Gasteiger partial charge in [-0.05, 0) is 36.2 Å². The van der Waals surface area contributed by atoms with Crippen molar-refractivity contribution in [3.63, 3.8) is 0 Å². The lowest BCUT2D eigenvalue weighted by Gasteiger charge is -2.23. The molecule has 1 fully saturated rings. The molecule has 1 N–H and O–H groups in total. The minimum Gasteiger partial charge on any atom is -0.352 e. The van der Waals surface area contributed by atoms with E-state index in [1.165, 1.54) is 12.1 Å². The lowest BCUT2D eigenvalue weighted by molar-refractivity contribution is -0.119. The molecule has 1 amide bonds. The van der Waals surface area contributed by atoms with Crippen molar-refractivity contribution in [3.05, 3.63) is 64.7 Å². The molecule has 0 aliphatic carbocycles. The minimum atomic E-state index is -0.281. The Morgan fingerprint density at radius 3 is 2.57 bits per heavy atom. The van der Waals surface area contributed by atoms with Gasteiger partial charge in [-0.15, -0.1) is 0 Å². The Morgan fingerprint density at radius 2 is 2.00 bits per heavy atom. The van der Waals surface area contributed by atoms with Crippen molar-refractivity contribution in [1.29, 1.82) is 0 Å². The standard InChI is InChI=1S/C16H14ClFN2O/c17-11-3-6-13(19-9-11)16(14-7-8-15(21)20-14)10-1-4-12(18)5-2-10/h1-6,9,14,16H,7-8H2,(H,20,21)/t14-,16+/m1/s1. The molecule has 0 unspecified atom stereocenters. The number of hydrogen-bond donors (Lipinski definition) is 1. The van der Waals surface area contributed by atoms with E-state index in [0.29, 0.717) is 11.4 Å². The summed E-state index contributed by atoms with van der Waals surface area (Å²) in [5.41, 5.74) is 1.75. The highest BCUT2D eigenvalue weighted by molar-refractivity contribution is 6.30. The Hall–Kier alpha value is -1.94. The highest BCUT2D eigenvalue weighted by Crippen LogP contribution is 2.31. The topological polar surface area (TPSA) is 42.0 Å². The maximum Gasteiger partial charge on any atom is 0.220 e. The third-order valence-corrected chi connectivity index (χ3v) is 3.95. The van der Waals surface area contributed by atoms with Gasteiger partial charge in [-0.3, -0.25) is 9.78 Å². The minimum absolute atomic E-state index is 0.0309. The Balaban J connectivity index is 1.99. The monoisotopic (exact) mass is 304 g/mol. The first-order chi connectivity index (χ1) is 10.1. The SMILES string of the molecule is O=C1CC[C@H]([C@@H](c2ccc(F)cc2)c2ccc(Cl)cn2)N1. The molecule has 0 saturated carbocycles. The first kappa shape index (κ1) is 14.0. The second kappa shape index (κ2) is 5.82. The average Bonchev–Trinajstić information content (AvgIpc) is 2.90. The predicted molar refractivity (Wildman–Crippen MR) is 78.7 cm³/mol. The fourth-order valence-electron chi connectivity index (χ4n) is 2.74. The molecule has 2 heterocycles. The molecule has 1 aromatic heterocycles. The molecule has 0 spiro atoms. The van der Waals surface area contributed by atoms with E-state index >= 15 is 0 Å². The summed E-state index contributed by atoms with van der Waals surface area (Å²) in [5, 5.41) is 3.54. The van der Waals surface area contributed by atoms with Gasteiger partial charge in [0, 0.05) is 30.3 Å². The summed E-state index contributed by atoms with van der Waals surface area (Å²) < 4.78 is 13.1. The second-order valence-corrected chi connectivity index (χ2v) is 5.58. The van der Waals surface area contributed by atoms with Crippen molar-refractivity contribution in [2.24, 2.45) is 0 Å². The number of hydrogen-bond acceptors (Lipinski definition) is 2. The van der Waals surface area contributed by atoms with Gasteiger partial charge in [-0.1, -0.05) is 23.7 Å². The molecule has 1 aromatic carbocycles. The van der Waals surface area contributed by atoms with Crippen LogP contribution in [0.15, 0.2) is 42.6 Å². The molecular weight excluding hydrogens is 291 g/mol. The lowest BCUT2D eigenvalue weighted by atomic mass is 9.87. The summed E-state index contributed by atoms with van der Waals surface area (Å²) in [6.07, 6.45) is 2.84. The number of amides is 1. The van der Waals surface area contributed by atoms with Crippen molar-refractivity contribution >= 4 is 17.5 Å². The normalized spacial score (nSPS) is 19.3. The highest BCUT2D eigenvalue weighted by atomic mass is 35.5. The fraction of sp³-hybridized carbons (Fsp3) is 0.250. The van der Waals surface area contributed by atoms with Crippen molar-refractivity contribution < 1.29 is 9.18 Å². The van der Waals surface area contributed by atoms with Crippen LogP contribution in [0.5, 0.6) is 0 Å². The molecule has 21 heavy (non-hydrogen) atoms. The van der Waals surface area contributed by atoms with Crippen LogP contribution < -0.4 is 5.32 Å². The van der Waals surface area contributed by atoms with Gasteiger partial charge in [0.05, 0.1) is 5.02 Å². The van der Waals surface area contributed by atoms with Crippen molar-refractivity contribution in [3.8, 4) is 0 Å². The molecular formula is C16H14ClFN2O. The number of rotatable bonds is 3. The van der Waals surface area contributed by atoms with Gasteiger partial charge in [0.1, 0.15) is 5.82 Å². The van der Waals surface area contributed by atoms with Crippen LogP contribution in [0.25, 0.3) is 0 Å². The smallest absolute Gasteiger partial charge is 0.220 e. The quantitative estimate of drug-likeness (QED) is 0.945. The summed E-state index contributed by atoms with van der Waals surface area (Å²) >= 11 is 5.88. The molecule has 3 rings (SSSR count). The van der Waals surface area contributed by atoms with Crippen molar-refractivity contribution in [2.75, 3.05) is 0 Å². The number of carbonyl (C=O) groups excluding carboxylic acids is 1. The second-order valence-electron chi connectivity index (χ2n) is 5.14. The number of halogens is 2. The van der Waals surface area contributed by atoms with Gasteiger partial charge in [0.25, 0.3) is 0 Å². The van der Waals surface area contributed by atoms with Crippen LogP contribution >= 0.6 is 11.6 Å². The summed E-state index contributed by atoms with van der Waals surface area (Å²) in [6.45, 7) is 0. The van der Waals surface area contributed by atoms with Gasteiger partial charge in [-0.25, -0.2) is 4.39 Å². The highest BCUT2D eigenvalue weighted by Gasteiger charge is 2.31. The zero-order valence-corrected chi connectivity index (χ0v) is 12.0. The van der Waals surface area contributed by atoms with Crippen LogP contribution in [0.1, 0.15) is 30.0 Å². The van der Waals surface area contributed by atoms with Gasteiger partial charge in [-0.2, -0.15) is 0 Å². The van der Waals surface area contributed by atoms with E-state index in [-0.39, 0.29) is 23.7 Å². The fourth-order valence-corrected chi connectivity index (χ4v) is 2.85. The summed E-state index contributed by atoms with van der Waals surface area (Å²) in [6, 6.07) is 9.92. The molecule has 2 atom stereocenters. The van der Waals surface area contributed by atoms with Crippen LogP contribution in [0.2, 0.25) is 5.02 Å². The van der Waals surface area contributed by atoms with Gasteiger partial charge < -0.3 is 5.32 Å². The molecule has 1 saturated heterocycles. The molecule has 2 aromatic rings. The van der Waals surface area contributed by atoms with Crippen LogP contribution in [-0.4, -0.2) is 16.9 Å². The van der Waals surface area contributed by atoms with Crippen molar-refractivity contribution in [1.82, 2.24) is 10.3 Å². The van der Waals surface area contributed by atoms with E-state index in [1.807, 2.05) is 6.07 Å². The molecule has 108 valence electrons. The third kappa shape index (κ3) is 3.05. The summed E-state index contributed by atoms with van der Waals surface area (Å²) in [5.74, 6) is -0.340. The number of carbonyl (C=O) groups is 1. The Labute approximate surface area is 127 Å². The first-order valence-electron chi connectivity index (χ1n) is 6.80. The van der Waals surface area contributed by atoms with E-state index in [4.69, 9.17) is 11.6 Å². The van der Waals surface area contributed by atoms with Crippen LogP contribution in [-0.2, 0) is 4.79 Å². The van der Waals surface area contributed by atoms with Gasteiger partial charge in [0.15, 0.2) is 0 Å². The number of nitrogens with one attached hydrogen (secondary N) is 1. The molecule has 5 heteroatoms. The summed E-state index contributed by atoms with van der Waals surface area (Å²) in [4.78, 5) is 15.9. The third-order valence-electron chi connectivity index (χ3n) is 3.73. The maximum atomic E-state index is 13.1. The van der Waals surface area contributed by atoms with E-state index in [0.717, 1.165) is 17.7 Å². The van der Waals surface area contributed by atoms with Gasteiger partial charge in [0.2, 0.25) is 5.91 Å².